The first kappa shape index (κ1) is 13.4. The number of hydrogen-bond acceptors (Lipinski definition) is 3. The lowest BCUT2D eigenvalue weighted by atomic mass is 10.1. The summed E-state index contributed by atoms with van der Waals surface area (Å²) in [6.45, 7) is 4.81. The fraction of sp³-hybridized carbons (Fsp3) is 0.167. The van der Waals surface area contributed by atoms with Crippen LogP contribution < -0.4 is 5.32 Å². The Bertz CT molecular complexity index is 729. The number of rotatable bonds is 4. The average Bonchev–Trinajstić information content (AvgIpc) is 2.94. The van der Waals surface area contributed by atoms with Crippen molar-refractivity contribution < 1.29 is 4.42 Å². The van der Waals surface area contributed by atoms with Crippen molar-refractivity contribution in [2.24, 2.45) is 0 Å². The van der Waals surface area contributed by atoms with E-state index >= 15 is 0 Å². The van der Waals surface area contributed by atoms with Crippen molar-refractivity contribution in [2.75, 3.05) is 5.32 Å². The molecule has 0 aliphatic rings. The van der Waals surface area contributed by atoms with Crippen LogP contribution in [0.25, 0.3) is 11.3 Å². The van der Waals surface area contributed by atoms with Crippen LogP contribution in [0, 0.1) is 13.8 Å². The van der Waals surface area contributed by atoms with E-state index in [0.29, 0.717) is 5.89 Å². The minimum absolute atomic E-state index is 0.687. The third-order valence-corrected chi connectivity index (χ3v) is 3.54. The molecule has 0 bridgehead atoms. The monoisotopic (exact) mass is 278 g/mol. The first-order chi connectivity index (χ1) is 10.2. The third-order valence-electron chi connectivity index (χ3n) is 3.54. The normalized spacial score (nSPS) is 10.6. The molecule has 0 spiro atoms. The van der Waals surface area contributed by atoms with Crippen LogP contribution in [-0.2, 0) is 6.54 Å². The van der Waals surface area contributed by atoms with Crippen molar-refractivity contribution in [1.82, 2.24) is 4.98 Å². The highest BCUT2D eigenvalue weighted by atomic mass is 16.3. The van der Waals surface area contributed by atoms with E-state index in [2.05, 4.69) is 65.8 Å². The number of nitrogens with one attached hydrogen (secondary N) is 1. The van der Waals surface area contributed by atoms with E-state index in [-0.39, 0.29) is 0 Å². The van der Waals surface area contributed by atoms with E-state index in [1.807, 2.05) is 6.92 Å². The standard InChI is InChI=1S/C18H18N2O/c1-13-5-3-4-6-16(13)11-19-17-9-7-15(8-10-17)18-12-21-14(2)20-18/h3-10,12,19H,11H2,1-2H3. The van der Waals surface area contributed by atoms with Crippen LogP contribution in [0.2, 0.25) is 0 Å². The molecule has 1 heterocycles. The van der Waals surface area contributed by atoms with Crippen LogP contribution in [0.15, 0.2) is 59.2 Å². The number of benzene rings is 2. The highest BCUT2D eigenvalue weighted by molar-refractivity contribution is 5.61. The number of hydrogen-bond donors (Lipinski definition) is 1. The van der Waals surface area contributed by atoms with Crippen LogP contribution in [0.1, 0.15) is 17.0 Å². The molecule has 3 heteroatoms. The van der Waals surface area contributed by atoms with Gasteiger partial charge in [-0.3, -0.25) is 0 Å². The van der Waals surface area contributed by atoms with Crippen molar-refractivity contribution in [1.29, 1.82) is 0 Å². The van der Waals surface area contributed by atoms with E-state index in [1.54, 1.807) is 6.26 Å². The molecule has 2 aromatic carbocycles. The molecule has 0 aliphatic carbocycles. The molecule has 0 saturated heterocycles. The van der Waals surface area contributed by atoms with Gasteiger partial charge in [-0.25, -0.2) is 4.98 Å². The van der Waals surface area contributed by atoms with Crippen LogP contribution in [0.3, 0.4) is 0 Å². The highest BCUT2D eigenvalue weighted by Gasteiger charge is 2.03. The van der Waals surface area contributed by atoms with Crippen molar-refractivity contribution >= 4 is 5.69 Å². The molecular formula is C18H18N2O. The van der Waals surface area contributed by atoms with Gasteiger partial charge in [0.25, 0.3) is 0 Å². The first-order valence-corrected chi connectivity index (χ1v) is 7.03. The Morgan fingerprint density at radius 2 is 1.76 bits per heavy atom. The summed E-state index contributed by atoms with van der Waals surface area (Å²) in [5, 5.41) is 3.44. The van der Waals surface area contributed by atoms with E-state index in [0.717, 1.165) is 23.5 Å². The van der Waals surface area contributed by atoms with E-state index in [9.17, 15) is 0 Å². The number of aromatic nitrogens is 1. The maximum Gasteiger partial charge on any atom is 0.191 e. The van der Waals surface area contributed by atoms with Gasteiger partial charge in [0.15, 0.2) is 5.89 Å². The number of aryl methyl sites for hydroxylation is 2. The fourth-order valence-electron chi connectivity index (χ4n) is 2.26. The second kappa shape index (κ2) is 5.83. The van der Waals surface area contributed by atoms with Crippen molar-refractivity contribution in [3.63, 3.8) is 0 Å². The lowest BCUT2D eigenvalue weighted by molar-refractivity contribution is 0.521. The largest absolute Gasteiger partial charge is 0.449 e. The summed E-state index contributed by atoms with van der Waals surface area (Å²) < 4.78 is 5.24. The third kappa shape index (κ3) is 3.14. The topological polar surface area (TPSA) is 38.1 Å². The quantitative estimate of drug-likeness (QED) is 0.759. The number of anilines is 1. The lowest BCUT2D eigenvalue weighted by Crippen LogP contribution is -2.00. The Kier molecular flexibility index (Phi) is 3.73. The molecule has 1 aromatic heterocycles. The molecule has 21 heavy (non-hydrogen) atoms. The predicted molar refractivity (Wildman–Crippen MR) is 85.2 cm³/mol. The number of nitrogens with zero attached hydrogens (tertiary/aromatic N) is 1. The maximum absolute atomic E-state index is 5.24. The summed E-state index contributed by atoms with van der Waals surface area (Å²) in [6.07, 6.45) is 1.69. The molecule has 3 nitrogen and oxygen atoms in total. The molecule has 0 unspecified atom stereocenters. The smallest absolute Gasteiger partial charge is 0.191 e. The Morgan fingerprint density at radius 1 is 1.00 bits per heavy atom. The van der Waals surface area contributed by atoms with Crippen LogP contribution >= 0.6 is 0 Å². The zero-order chi connectivity index (χ0) is 14.7. The molecule has 0 radical (unpaired) electrons. The predicted octanol–water partition coefficient (Wildman–Crippen LogP) is 4.57. The Morgan fingerprint density at radius 3 is 2.43 bits per heavy atom. The zero-order valence-corrected chi connectivity index (χ0v) is 12.3. The summed E-state index contributed by atoms with van der Waals surface area (Å²) in [5.74, 6) is 0.687. The summed E-state index contributed by atoms with van der Waals surface area (Å²) in [7, 11) is 0. The fourth-order valence-corrected chi connectivity index (χ4v) is 2.26. The lowest BCUT2D eigenvalue weighted by Gasteiger charge is -2.09. The van der Waals surface area contributed by atoms with Crippen molar-refractivity contribution in [3.8, 4) is 11.3 Å². The first-order valence-electron chi connectivity index (χ1n) is 7.03. The molecule has 0 aliphatic heterocycles. The highest BCUT2D eigenvalue weighted by Crippen LogP contribution is 2.21. The molecule has 3 aromatic rings. The van der Waals surface area contributed by atoms with Crippen LogP contribution in [-0.4, -0.2) is 4.98 Å². The van der Waals surface area contributed by atoms with Gasteiger partial charge >= 0.3 is 0 Å². The SMILES string of the molecule is Cc1nc(-c2ccc(NCc3ccccc3C)cc2)co1. The second-order valence-electron chi connectivity index (χ2n) is 5.11. The molecular weight excluding hydrogens is 260 g/mol. The summed E-state index contributed by atoms with van der Waals surface area (Å²) in [5.41, 5.74) is 5.65. The molecule has 3 rings (SSSR count). The van der Waals surface area contributed by atoms with Gasteiger partial charge in [0, 0.05) is 24.7 Å². The Balaban J connectivity index is 1.69. The van der Waals surface area contributed by atoms with Gasteiger partial charge in [0.1, 0.15) is 12.0 Å². The Labute approximate surface area is 124 Å². The molecule has 1 N–H and O–H groups in total. The summed E-state index contributed by atoms with van der Waals surface area (Å²) >= 11 is 0. The van der Waals surface area contributed by atoms with Gasteiger partial charge in [-0.2, -0.15) is 0 Å². The minimum Gasteiger partial charge on any atom is -0.449 e. The summed E-state index contributed by atoms with van der Waals surface area (Å²) in [6, 6.07) is 16.7. The van der Waals surface area contributed by atoms with Gasteiger partial charge in [0.05, 0.1) is 0 Å². The van der Waals surface area contributed by atoms with Crippen molar-refractivity contribution in [3.05, 3.63) is 71.8 Å². The number of oxazole rings is 1. The van der Waals surface area contributed by atoms with E-state index in [1.165, 1.54) is 11.1 Å². The van der Waals surface area contributed by atoms with Crippen molar-refractivity contribution in [2.45, 2.75) is 20.4 Å². The van der Waals surface area contributed by atoms with Gasteiger partial charge < -0.3 is 9.73 Å². The molecule has 0 saturated carbocycles. The van der Waals surface area contributed by atoms with Gasteiger partial charge in [-0.15, -0.1) is 0 Å². The molecule has 0 atom stereocenters. The zero-order valence-electron chi connectivity index (χ0n) is 12.3. The maximum atomic E-state index is 5.24. The van der Waals surface area contributed by atoms with Crippen LogP contribution in [0.4, 0.5) is 5.69 Å². The van der Waals surface area contributed by atoms with Gasteiger partial charge in [0.2, 0.25) is 0 Å². The molecule has 0 amide bonds. The minimum atomic E-state index is 0.687. The average molecular weight is 278 g/mol. The Hall–Kier alpha value is -2.55. The van der Waals surface area contributed by atoms with E-state index in [4.69, 9.17) is 4.42 Å². The van der Waals surface area contributed by atoms with Gasteiger partial charge in [-0.1, -0.05) is 36.4 Å². The molecule has 106 valence electrons. The molecule has 0 fully saturated rings. The van der Waals surface area contributed by atoms with Crippen LogP contribution in [0.5, 0.6) is 0 Å². The summed E-state index contributed by atoms with van der Waals surface area (Å²) in [4.78, 5) is 4.33. The van der Waals surface area contributed by atoms with Gasteiger partial charge in [-0.05, 0) is 30.2 Å². The second-order valence-corrected chi connectivity index (χ2v) is 5.11. The van der Waals surface area contributed by atoms with E-state index < -0.39 is 0 Å².